The number of hydrogen-bond donors (Lipinski definition) is 6. The van der Waals surface area contributed by atoms with Crippen LogP contribution in [-0.4, -0.2) is 89.1 Å². The molecule has 2 heterocycles. The number of aliphatic hydroxyl groups excluding tert-OH is 2. The van der Waals surface area contributed by atoms with E-state index >= 15 is 0 Å². The van der Waals surface area contributed by atoms with Crippen LogP contribution in [-0.2, 0) is 9.59 Å². The number of hydrogen-bond acceptors (Lipinski definition) is 12. The number of nitrogens with two attached hydrogens (primary N) is 2. The lowest BCUT2D eigenvalue weighted by molar-refractivity contribution is -0.308. The number of nitrogens with one attached hydrogen (secondary N) is 2. The van der Waals surface area contributed by atoms with E-state index in [2.05, 4.69) is 15.6 Å². The third kappa shape index (κ3) is 7.15. The summed E-state index contributed by atoms with van der Waals surface area (Å²) >= 11 is 0. The molecule has 1 saturated heterocycles. The van der Waals surface area contributed by atoms with Crippen LogP contribution in [0.4, 0.5) is 0 Å². The molecule has 0 aromatic rings. The van der Waals surface area contributed by atoms with Gasteiger partial charge < -0.3 is 46.4 Å². The second-order valence-corrected chi connectivity index (χ2v) is 7.87. The number of β-amino-alcohol motifs (C(OH)–C–C–N with tert-alkyl or cyclic N) is 1. The average molecular weight is 428 g/mol. The van der Waals surface area contributed by atoms with Crippen molar-refractivity contribution in [2.75, 3.05) is 19.6 Å². The monoisotopic (exact) mass is 428 g/mol. The predicted molar refractivity (Wildman–Crippen MR) is 103 cm³/mol. The van der Waals surface area contributed by atoms with Crippen LogP contribution in [0.25, 0.3) is 0 Å². The van der Waals surface area contributed by atoms with E-state index in [0.29, 0.717) is 45.2 Å². The number of aliphatic carboxylic acids is 2. The third-order valence-corrected chi connectivity index (χ3v) is 5.41. The molecule has 6 atom stereocenters. The molecule has 1 fully saturated rings. The van der Waals surface area contributed by atoms with Crippen molar-refractivity contribution >= 4 is 17.8 Å². The number of nitrogens with zero attached hydrogens (tertiary/aromatic N) is 2. The minimum atomic E-state index is -1.28. The number of carbonyl (C=O) groups excluding carboxylic acids is 2. The van der Waals surface area contributed by atoms with Gasteiger partial charge in [-0.25, -0.2) is 4.99 Å². The largest absolute Gasteiger partial charge is 0.548 e. The summed E-state index contributed by atoms with van der Waals surface area (Å²) in [6.45, 7) is 1.25. The van der Waals surface area contributed by atoms with E-state index in [0.717, 1.165) is 5.84 Å². The summed E-state index contributed by atoms with van der Waals surface area (Å²) in [7, 11) is 0. The van der Waals surface area contributed by atoms with Gasteiger partial charge in [-0.2, -0.15) is 0 Å². The Morgan fingerprint density at radius 1 is 1.13 bits per heavy atom. The molecular formula is C18H32N6O6-2. The SMILES string of the molecule is N[C@@H](CCCCN1C[C@@H](O)[C@@H](O)C[C@@H]2NC(NCCC[C@H](N)C(=O)[O-])N=C21)C(=O)[O-]. The van der Waals surface area contributed by atoms with Crippen molar-refractivity contribution in [1.29, 1.82) is 0 Å². The first kappa shape index (κ1) is 24.4. The molecule has 12 heteroatoms. The molecule has 0 amide bonds. The number of likely N-dealkylation sites (tertiary alicyclic amines) is 1. The van der Waals surface area contributed by atoms with Crippen molar-refractivity contribution in [2.45, 2.75) is 75.1 Å². The van der Waals surface area contributed by atoms with Gasteiger partial charge in [0, 0.05) is 25.2 Å². The summed E-state index contributed by atoms with van der Waals surface area (Å²) in [5.41, 5.74) is 10.9. The summed E-state index contributed by atoms with van der Waals surface area (Å²) in [6, 6.07) is -2.25. The number of aliphatic imine (C=N–C) groups is 1. The molecule has 0 aromatic carbocycles. The van der Waals surface area contributed by atoms with Crippen molar-refractivity contribution in [2.24, 2.45) is 16.5 Å². The molecule has 12 nitrogen and oxygen atoms in total. The van der Waals surface area contributed by atoms with Crippen molar-refractivity contribution in [3.63, 3.8) is 0 Å². The number of fused-ring (bicyclic) bond motifs is 1. The molecule has 8 N–H and O–H groups in total. The molecule has 2 rings (SSSR count). The summed E-state index contributed by atoms with van der Waals surface area (Å²) in [5.74, 6) is -1.83. The van der Waals surface area contributed by atoms with Crippen LogP contribution in [0.15, 0.2) is 4.99 Å². The standard InChI is InChI=1S/C18H34N6O6/c19-10(16(27)28)4-1-2-7-24-9-14(26)13(25)8-12-15(24)23-18(22-12)21-6-3-5-11(20)17(29)30/h10-14,18,21-22,25-26H,1-9,19-20H2,(H,27,28)(H,29,30)/p-2/t10-,11-,12-,13-,14+,18?/m0/s1. The van der Waals surface area contributed by atoms with E-state index in [1.54, 1.807) is 0 Å². The maximum Gasteiger partial charge on any atom is 0.156 e. The fourth-order valence-corrected chi connectivity index (χ4v) is 3.61. The van der Waals surface area contributed by atoms with Gasteiger partial charge in [-0.15, -0.1) is 0 Å². The molecule has 172 valence electrons. The number of rotatable bonds is 12. The van der Waals surface area contributed by atoms with Crippen LogP contribution >= 0.6 is 0 Å². The smallest absolute Gasteiger partial charge is 0.156 e. The van der Waals surface area contributed by atoms with Crippen molar-refractivity contribution < 1.29 is 30.0 Å². The van der Waals surface area contributed by atoms with E-state index < -0.39 is 42.5 Å². The number of aliphatic hydroxyl groups is 2. The topological polar surface area (TPSA) is 212 Å². The van der Waals surface area contributed by atoms with Crippen molar-refractivity contribution in [3.05, 3.63) is 0 Å². The quantitative estimate of drug-likeness (QED) is 0.162. The zero-order chi connectivity index (χ0) is 22.3. The highest BCUT2D eigenvalue weighted by atomic mass is 16.4. The molecule has 0 spiro atoms. The Labute approximate surface area is 175 Å². The Bertz CT molecular complexity index is 620. The molecule has 0 aliphatic carbocycles. The Kier molecular flexibility index (Phi) is 9.39. The van der Waals surface area contributed by atoms with Gasteiger partial charge in [0.2, 0.25) is 0 Å². The second-order valence-electron chi connectivity index (χ2n) is 7.87. The Morgan fingerprint density at radius 3 is 2.40 bits per heavy atom. The lowest BCUT2D eigenvalue weighted by Gasteiger charge is -2.26. The van der Waals surface area contributed by atoms with Crippen molar-refractivity contribution in [1.82, 2.24) is 15.5 Å². The van der Waals surface area contributed by atoms with Gasteiger partial charge in [0.15, 0.2) is 6.29 Å². The molecule has 0 radical (unpaired) electrons. The molecular weight excluding hydrogens is 396 g/mol. The highest BCUT2D eigenvalue weighted by Gasteiger charge is 2.38. The predicted octanol–water partition coefficient (Wildman–Crippen LogP) is -5.24. The van der Waals surface area contributed by atoms with E-state index in [4.69, 9.17) is 11.5 Å². The first-order chi connectivity index (χ1) is 14.2. The summed E-state index contributed by atoms with van der Waals surface area (Å²) in [6.07, 6.45) is 0.436. The first-order valence-corrected chi connectivity index (χ1v) is 10.3. The van der Waals surface area contributed by atoms with E-state index in [1.165, 1.54) is 0 Å². The number of amidine groups is 1. The van der Waals surface area contributed by atoms with Crippen LogP contribution < -0.4 is 32.3 Å². The molecule has 0 aromatic heterocycles. The van der Waals surface area contributed by atoms with Crippen LogP contribution in [0, 0.1) is 0 Å². The van der Waals surface area contributed by atoms with Gasteiger partial charge in [0.1, 0.15) is 5.84 Å². The number of carboxylic acid groups (broad SMARTS) is 2. The van der Waals surface area contributed by atoms with Gasteiger partial charge in [-0.3, -0.25) is 10.6 Å². The normalized spacial score (nSPS) is 28.4. The van der Waals surface area contributed by atoms with E-state index in [1.807, 2.05) is 4.90 Å². The minimum absolute atomic E-state index is 0.220. The maximum atomic E-state index is 10.7. The van der Waals surface area contributed by atoms with Crippen LogP contribution in [0.5, 0.6) is 0 Å². The Morgan fingerprint density at radius 2 is 1.77 bits per heavy atom. The fourth-order valence-electron chi connectivity index (χ4n) is 3.61. The lowest BCUT2D eigenvalue weighted by atomic mass is 10.1. The fraction of sp³-hybridized carbons (Fsp3) is 0.833. The lowest BCUT2D eigenvalue weighted by Crippen LogP contribution is -2.46. The molecule has 30 heavy (non-hydrogen) atoms. The molecule has 1 unspecified atom stereocenters. The molecule has 0 bridgehead atoms. The molecule has 2 aliphatic heterocycles. The number of unbranched alkanes of at least 4 members (excludes halogenated alkanes) is 1. The number of carboxylic acids is 2. The zero-order valence-corrected chi connectivity index (χ0v) is 16.9. The highest BCUT2D eigenvalue weighted by Crippen LogP contribution is 2.20. The second kappa shape index (κ2) is 11.5. The van der Waals surface area contributed by atoms with Gasteiger partial charge >= 0.3 is 0 Å². The van der Waals surface area contributed by atoms with Crippen LogP contribution in [0.2, 0.25) is 0 Å². The number of carbonyl (C=O) groups is 2. The summed E-state index contributed by atoms with van der Waals surface area (Å²) < 4.78 is 0. The summed E-state index contributed by atoms with van der Waals surface area (Å²) in [5, 5.41) is 48.1. The highest BCUT2D eigenvalue weighted by molar-refractivity contribution is 5.89. The minimum Gasteiger partial charge on any atom is -0.548 e. The van der Waals surface area contributed by atoms with Gasteiger partial charge in [-0.05, 0) is 45.1 Å². The van der Waals surface area contributed by atoms with Crippen molar-refractivity contribution in [3.8, 4) is 0 Å². The molecule has 0 saturated carbocycles. The zero-order valence-electron chi connectivity index (χ0n) is 16.9. The average Bonchev–Trinajstić information content (AvgIpc) is 3.04. The van der Waals surface area contributed by atoms with Gasteiger partial charge in [-0.1, -0.05) is 0 Å². The Balaban J connectivity index is 1.88. The van der Waals surface area contributed by atoms with Gasteiger partial charge in [0.05, 0.1) is 30.2 Å². The van der Waals surface area contributed by atoms with Gasteiger partial charge in [0.25, 0.3) is 0 Å². The van der Waals surface area contributed by atoms with Crippen LogP contribution in [0.1, 0.15) is 38.5 Å². The summed E-state index contributed by atoms with van der Waals surface area (Å²) in [4.78, 5) is 27.9. The molecule has 2 aliphatic rings. The maximum absolute atomic E-state index is 10.7. The van der Waals surface area contributed by atoms with Crippen LogP contribution in [0.3, 0.4) is 0 Å². The Hall–Kier alpha value is -1.83. The van der Waals surface area contributed by atoms with E-state index in [9.17, 15) is 30.0 Å². The first-order valence-electron chi connectivity index (χ1n) is 10.3. The third-order valence-electron chi connectivity index (χ3n) is 5.41. The van der Waals surface area contributed by atoms with E-state index in [-0.39, 0.29) is 19.0 Å².